The van der Waals surface area contributed by atoms with Crippen LogP contribution in [-0.2, 0) is 9.59 Å². The van der Waals surface area contributed by atoms with Crippen LogP contribution < -0.4 is 5.32 Å². The summed E-state index contributed by atoms with van der Waals surface area (Å²) >= 11 is 0. The van der Waals surface area contributed by atoms with Gasteiger partial charge in [-0.25, -0.2) is 13.6 Å². The van der Waals surface area contributed by atoms with Gasteiger partial charge in [0.2, 0.25) is 0 Å². The standard InChI is InChI=1S/C12H8F5NO4/c13-5-1-2-6(7(14)3-5)9(19)4-8(10(20)21)18-11(22)12(15,16)17/h1-3,8H,4H2,(H,18,22)(H,20,21). The van der Waals surface area contributed by atoms with Gasteiger partial charge in [-0.05, 0) is 12.1 Å². The van der Waals surface area contributed by atoms with Crippen LogP contribution in [0, 0.1) is 11.6 Å². The van der Waals surface area contributed by atoms with E-state index < -0.39 is 53.5 Å². The summed E-state index contributed by atoms with van der Waals surface area (Å²) in [7, 11) is 0. The highest BCUT2D eigenvalue weighted by atomic mass is 19.4. The number of carbonyl (C=O) groups is 3. The van der Waals surface area contributed by atoms with Crippen molar-refractivity contribution in [3.05, 3.63) is 35.4 Å². The van der Waals surface area contributed by atoms with Crippen LogP contribution in [0.15, 0.2) is 18.2 Å². The molecule has 0 bridgehead atoms. The molecule has 1 amide bonds. The smallest absolute Gasteiger partial charge is 0.471 e. The van der Waals surface area contributed by atoms with Crippen LogP contribution in [0.4, 0.5) is 22.0 Å². The molecule has 0 saturated heterocycles. The van der Waals surface area contributed by atoms with Gasteiger partial charge in [-0.2, -0.15) is 13.2 Å². The fourth-order valence-electron chi connectivity index (χ4n) is 1.45. The molecule has 1 aromatic rings. The average Bonchev–Trinajstić information content (AvgIpc) is 2.36. The summed E-state index contributed by atoms with van der Waals surface area (Å²) in [6.45, 7) is 0. The summed E-state index contributed by atoms with van der Waals surface area (Å²) in [6.07, 6.45) is -6.46. The Labute approximate surface area is 119 Å². The number of Topliss-reactive ketones (excluding diaryl/α,β-unsaturated/α-hetero) is 1. The van der Waals surface area contributed by atoms with Crippen LogP contribution >= 0.6 is 0 Å². The number of aliphatic carboxylic acids is 1. The van der Waals surface area contributed by atoms with Crippen molar-refractivity contribution < 1.29 is 41.4 Å². The number of hydrogen-bond donors (Lipinski definition) is 2. The molecule has 10 heteroatoms. The van der Waals surface area contributed by atoms with E-state index in [9.17, 15) is 36.3 Å². The summed E-state index contributed by atoms with van der Waals surface area (Å²) in [5.41, 5.74) is -0.700. The van der Waals surface area contributed by atoms with Crippen molar-refractivity contribution in [2.24, 2.45) is 0 Å². The van der Waals surface area contributed by atoms with Gasteiger partial charge in [-0.1, -0.05) is 0 Å². The molecule has 1 aromatic carbocycles. The number of hydrogen-bond acceptors (Lipinski definition) is 3. The van der Waals surface area contributed by atoms with Crippen molar-refractivity contribution in [3.63, 3.8) is 0 Å². The first-order valence-electron chi connectivity index (χ1n) is 5.61. The average molecular weight is 325 g/mol. The Morgan fingerprint density at radius 1 is 1.18 bits per heavy atom. The number of ketones is 1. The number of nitrogens with one attached hydrogen (secondary N) is 1. The van der Waals surface area contributed by atoms with E-state index in [-0.39, 0.29) is 0 Å². The van der Waals surface area contributed by atoms with Crippen molar-refractivity contribution in [1.29, 1.82) is 0 Å². The highest BCUT2D eigenvalue weighted by Crippen LogP contribution is 2.16. The maximum atomic E-state index is 13.3. The number of carbonyl (C=O) groups excluding carboxylic acids is 2. The third-order valence-corrected chi connectivity index (χ3v) is 2.48. The first-order chi connectivity index (χ1) is 10.0. The molecule has 0 aliphatic carbocycles. The van der Waals surface area contributed by atoms with E-state index in [2.05, 4.69) is 0 Å². The summed E-state index contributed by atoms with van der Waals surface area (Å²) in [5.74, 6) is -7.95. The quantitative estimate of drug-likeness (QED) is 0.637. The Kier molecular flexibility index (Phi) is 5.18. The molecule has 1 unspecified atom stereocenters. The van der Waals surface area contributed by atoms with E-state index in [0.29, 0.717) is 6.07 Å². The maximum Gasteiger partial charge on any atom is 0.471 e. The molecule has 0 spiro atoms. The van der Waals surface area contributed by atoms with Crippen LogP contribution in [-0.4, -0.2) is 35.0 Å². The zero-order chi connectivity index (χ0) is 17.1. The van der Waals surface area contributed by atoms with Crippen LogP contribution in [0.1, 0.15) is 16.8 Å². The topological polar surface area (TPSA) is 83.5 Å². The zero-order valence-corrected chi connectivity index (χ0v) is 10.6. The number of benzene rings is 1. The van der Waals surface area contributed by atoms with Crippen molar-refractivity contribution in [2.75, 3.05) is 0 Å². The number of amides is 1. The number of rotatable bonds is 5. The van der Waals surface area contributed by atoms with Gasteiger partial charge in [-0.15, -0.1) is 0 Å². The predicted octanol–water partition coefficient (Wildman–Crippen LogP) is 1.67. The summed E-state index contributed by atoms with van der Waals surface area (Å²) in [4.78, 5) is 33.1. The molecule has 5 nitrogen and oxygen atoms in total. The Bertz CT molecular complexity index is 614. The van der Waals surface area contributed by atoms with Crippen molar-refractivity contribution >= 4 is 17.7 Å². The Morgan fingerprint density at radius 2 is 1.77 bits per heavy atom. The highest BCUT2D eigenvalue weighted by molar-refractivity contribution is 6.00. The van der Waals surface area contributed by atoms with Crippen LogP contribution in [0.25, 0.3) is 0 Å². The lowest BCUT2D eigenvalue weighted by molar-refractivity contribution is -0.175. The molecular weight excluding hydrogens is 317 g/mol. The van der Waals surface area contributed by atoms with Crippen LogP contribution in [0.2, 0.25) is 0 Å². The number of carboxylic acid groups (broad SMARTS) is 1. The van der Waals surface area contributed by atoms with E-state index >= 15 is 0 Å². The largest absolute Gasteiger partial charge is 0.480 e. The SMILES string of the molecule is O=C(CC(NC(=O)C(F)(F)F)C(=O)O)c1ccc(F)cc1F. The lowest BCUT2D eigenvalue weighted by Crippen LogP contribution is -2.47. The number of halogens is 5. The van der Waals surface area contributed by atoms with Gasteiger partial charge < -0.3 is 10.4 Å². The van der Waals surface area contributed by atoms with Crippen LogP contribution in [0.5, 0.6) is 0 Å². The first kappa shape index (κ1) is 17.5. The monoisotopic (exact) mass is 325 g/mol. The number of carboxylic acids is 1. The predicted molar refractivity (Wildman–Crippen MR) is 60.9 cm³/mol. The minimum absolute atomic E-state index is 0.358. The normalized spacial score (nSPS) is 12.6. The van der Waals surface area contributed by atoms with E-state index in [0.717, 1.165) is 17.4 Å². The molecule has 1 atom stereocenters. The van der Waals surface area contributed by atoms with E-state index in [1.54, 1.807) is 0 Å². The maximum absolute atomic E-state index is 13.3. The molecule has 0 heterocycles. The lowest BCUT2D eigenvalue weighted by atomic mass is 10.0. The van der Waals surface area contributed by atoms with Crippen LogP contribution in [0.3, 0.4) is 0 Å². The molecule has 0 radical (unpaired) electrons. The lowest BCUT2D eigenvalue weighted by Gasteiger charge is -2.15. The molecular formula is C12H8F5NO4. The molecule has 0 fully saturated rings. The van der Waals surface area contributed by atoms with Crippen molar-refractivity contribution in [3.8, 4) is 0 Å². The van der Waals surface area contributed by atoms with Gasteiger partial charge in [0.05, 0.1) is 5.56 Å². The van der Waals surface area contributed by atoms with E-state index in [1.165, 1.54) is 0 Å². The fourth-order valence-corrected chi connectivity index (χ4v) is 1.45. The zero-order valence-electron chi connectivity index (χ0n) is 10.6. The van der Waals surface area contributed by atoms with Crippen molar-refractivity contribution in [1.82, 2.24) is 5.32 Å². The summed E-state index contributed by atoms with van der Waals surface area (Å²) in [5, 5.41) is 9.82. The summed E-state index contributed by atoms with van der Waals surface area (Å²) in [6, 6.07) is -0.402. The molecule has 0 aliphatic heterocycles. The third kappa shape index (κ3) is 4.50. The minimum Gasteiger partial charge on any atom is -0.480 e. The molecule has 22 heavy (non-hydrogen) atoms. The molecule has 0 aliphatic rings. The Morgan fingerprint density at radius 3 is 2.23 bits per heavy atom. The molecule has 120 valence electrons. The van der Waals surface area contributed by atoms with Gasteiger partial charge in [0.1, 0.15) is 17.7 Å². The third-order valence-electron chi connectivity index (χ3n) is 2.48. The second-order valence-corrected chi connectivity index (χ2v) is 4.11. The first-order valence-corrected chi connectivity index (χ1v) is 5.61. The molecule has 0 saturated carbocycles. The van der Waals surface area contributed by atoms with Gasteiger partial charge in [0.25, 0.3) is 0 Å². The Hall–Kier alpha value is -2.52. The van der Waals surface area contributed by atoms with Gasteiger partial charge in [0.15, 0.2) is 5.78 Å². The molecule has 1 rings (SSSR count). The highest BCUT2D eigenvalue weighted by Gasteiger charge is 2.41. The van der Waals surface area contributed by atoms with Crippen molar-refractivity contribution in [2.45, 2.75) is 18.6 Å². The van der Waals surface area contributed by atoms with E-state index in [1.807, 2.05) is 0 Å². The number of alkyl halides is 3. The molecule has 0 aromatic heterocycles. The second-order valence-electron chi connectivity index (χ2n) is 4.11. The Balaban J connectivity index is 2.89. The van der Waals surface area contributed by atoms with Gasteiger partial charge >= 0.3 is 18.1 Å². The minimum atomic E-state index is -5.34. The van der Waals surface area contributed by atoms with Gasteiger partial charge in [-0.3, -0.25) is 9.59 Å². The molecule has 2 N–H and O–H groups in total. The summed E-state index contributed by atoms with van der Waals surface area (Å²) < 4.78 is 62.2. The van der Waals surface area contributed by atoms with Gasteiger partial charge in [0, 0.05) is 12.5 Å². The fraction of sp³-hybridized carbons (Fsp3) is 0.250. The van der Waals surface area contributed by atoms with E-state index in [4.69, 9.17) is 5.11 Å². The second kappa shape index (κ2) is 6.50.